The van der Waals surface area contributed by atoms with Crippen LogP contribution in [0.15, 0.2) is 12.5 Å². The van der Waals surface area contributed by atoms with Crippen LogP contribution in [0.4, 0.5) is 5.82 Å². The molecule has 1 aliphatic rings. The lowest BCUT2D eigenvalue weighted by Crippen LogP contribution is -2.30. The van der Waals surface area contributed by atoms with Gasteiger partial charge in [-0.1, -0.05) is 0 Å². The van der Waals surface area contributed by atoms with Crippen molar-refractivity contribution in [3.05, 3.63) is 12.5 Å². The molecule has 0 amide bonds. The van der Waals surface area contributed by atoms with Gasteiger partial charge in [0.25, 0.3) is 0 Å². The van der Waals surface area contributed by atoms with Crippen LogP contribution in [-0.2, 0) is 4.74 Å². The highest BCUT2D eigenvalue weighted by Gasteiger charge is 2.46. The van der Waals surface area contributed by atoms with Crippen LogP contribution in [-0.4, -0.2) is 20.8 Å². The number of aromatic nitrogens is 2. The van der Waals surface area contributed by atoms with Crippen molar-refractivity contribution in [3.63, 3.8) is 0 Å². The fraction of sp³-hybridized carbons (Fsp3) is 0.727. The van der Waals surface area contributed by atoms with Gasteiger partial charge in [0, 0.05) is 6.20 Å². The predicted molar refractivity (Wildman–Crippen MR) is 59.5 cm³/mol. The van der Waals surface area contributed by atoms with Crippen LogP contribution < -0.4 is 5.73 Å². The summed E-state index contributed by atoms with van der Waals surface area (Å²) in [6.07, 6.45) is 4.64. The van der Waals surface area contributed by atoms with E-state index in [2.05, 4.69) is 37.2 Å². The van der Waals surface area contributed by atoms with Crippen LogP contribution >= 0.6 is 0 Å². The summed E-state index contributed by atoms with van der Waals surface area (Å²) < 4.78 is 8.08. The molecular formula is C11H19N3O. The monoisotopic (exact) mass is 209 g/mol. The highest BCUT2D eigenvalue weighted by molar-refractivity contribution is 5.23. The molecule has 1 aromatic rings. The molecule has 84 valence electrons. The van der Waals surface area contributed by atoms with Crippen molar-refractivity contribution < 1.29 is 4.74 Å². The molecule has 1 saturated heterocycles. The van der Waals surface area contributed by atoms with Crippen molar-refractivity contribution in [1.82, 2.24) is 9.55 Å². The van der Waals surface area contributed by atoms with Crippen LogP contribution in [0.2, 0.25) is 0 Å². The Balaban J connectivity index is 2.30. The highest BCUT2D eigenvalue weighted by atomic mass is 16.5. The minimum absolute atomic E-state index is 0.0762. The molecule has 2 N–H and O–H groups in total. The third kappa shape index (κ3) is 1.86. The molecule has 0 saturated carbocycles. The van der Waals surface area contributed by atoms with E-state index in [1.165, 1.54) is 0 Å². The second-order valence-corrected chi connectivity index (χ2v) is 5.43. The lowest BCUT2D eigenvalue weighted by atomic mass is 9.94. The zero-order valence-electron chi connectivity index (χ0n) is 9.82. The summed E-state index contributed by atoms with van der Waals surface area (Å²) in [6.45, 7) is 8.47. The quantitative estimate of drug-likeness (QED) is 0.769. The van der Waals surface area contributed by atoms with Gasteiger partial charge in [0.15, 0.2) is 0 Å². The van der Waals surface area contributed by atoms with Gasteiger partial charge < -0.3 is 15.0 Å². The second-order valence-electron chi connectivity index (χ2n) is 5.43. The minimum atomic E-state index is -0.170. The van der Waals surface area contributed by atoms with E-state index in [1.54, 1.807) is 6.33 Å². The Bertz CT molecular complexity index is 368. The van der Waals surface area contributed by atoms with E-state index in [0.29, 0.717) is 11.9 Å². The number of anilines is 1. The first-order chi connectivity index (χ1) is 6.80. The summed E-state index contributed by atoms with van der Waals surface area (Å²) >= 11 is 0. The molecule has 2 rings (SSSR count). The molecule has 4 heteroatoms. The van der Waals surface area contributed by atoms with Gasteiger partial charge in [0.2, 0.25) is 0 Å². The molecule has 1 unspecified atom stereocenters. The molecule has 4 nitrogen and oxygen atoms in total. The fourth-order valence-corrected chi connectivity index (χ4v) is 2.52. The Morgan fingerprint density at radius 3 is 2.53 bits per heavy atom. The van der Waals surface area contributed by atoms with Crippen LogP contribution in [0.1, 0.15) is 40.2 Å². The molecule has 0 aliphatic carbocycles. The van der Waals surface area contributed by atoms with Gasteiger partial charge in [-0.25, -0.2) is 4.98 Å². The number of hydrogen-bond donors (Lipinski definition) is 1. The van der Waals surface area contributed by atoms with Gasteiger partial charge in [0.1, 0.15) is 5.82 Å². The van der Waals surface area contributed by atoms with E-state index in [9.17, 15) is 0 Å². The van der Waals surface area contributed by atoms with E-state index in [4.69, 9.17) is 10.5 Å². The average molecular weight is 209 g/mol. The van der Waals surface area contributed by atoms with Crippen LogP contribution in [0.25, 0.3) is 0 Å². The summed E-state index contributed by atoms with van der Waals surface area (Å²) in [5.41, 5.74) is 5.38. The summed E-state index contributed by atoms with van der Waals surface area (Å²) in [5.74, 6) is 0.565. The van der Waals surface area contributed by atoms with Crippen LogP contribution in [0.3, 0.4) is 0 Å². The first-order valence-corrected chi connectivity index (χ1v) is 5.29. The molecule has 0 spiro atoms. The van der Waals surface area contributed by atoms with E-state index < -0.39 is 0 Å². The number of nitrogens with zero attached hydrogens (tertiary/aromatic N) is 2. The molecular weight excluding hydrogens is 190 g/mol. The van der Waals surface area contributed by atoms with Crippen molar-refractivity contribution in [2.75, 3.05) is 5.73 Å². The van der Waals surface area contributed by atoms with Gasteiger partial charge in [-0.3, -0.25) is 0 Å². The molecule has 1 aromatic heterocycles. The first kappa shape index (κ1) is 10.5. The maximum atomic E-state index is 6.02. The maximum absolute atomic E-state index is 6.02. The third-order valence-corrected chi connectivity index (χ3v) is 3.01. The Morgan fingerprint density at radius 2 is 2.13 bits per heavy atom. The third-order valence-electron chi connectivity index (χ3n) is 3.01. The predicted octanol–water partition coefficient (Wildman–Crippen LogP) is 1.98. The molecule has 15 heavy (non-hydrogen) atoms. The van der Waals surface area contributed by atoms with Gasteiger partial charge >= 0.3 is 0 Å². The number of imidazole rings is 1. The molecule has 0 radical (unpaired) electrons. The van der Waals surface area contributed by atoms with Crippen molar-refractivity contribution in [1.29, 1.82) is 0 Å². The summed E-state index contributed by atoms with van der Waals surface area (Å²) in [5, 5.41) is 0. The lowest BCUT2D eigenvalue weighted by molar-refractivity contribution is -0.0729. The normalized spacial score (nSPS) is 28.1. The van der Waals surface area contributed by atoms with Gasteiger partial charge in [-0.15, -0.1) is 0 Å². The SMILES string of the molecule is CC1(C)CC(n2cnc(N)c2)C(C)(C)O1. The molecule has 0 aromatic carbocycles. The van der Waals surface area contributed by atoms with Crippen molar-refractivity contribution in [2.45, 2.75) is 51.4 Å². The second kappa shape index (κ2) is 2.98. The Kier molecular flexibility index (Phi) is 2.08. The Hall–Kier alpha value is -1.03. The smallest absolute Gasteiger partial charge is 0.141 e. The fourth-order valence-electron chi connectivity index (χ4n) is 2.52. The zero-order chi connectivity index (χ0) is 11.3. The van der Waals surface area contributed by atoms with E-state index in [0.717, 1.165) is 6.42 Å². The van der Waals surface area contributed by atoms with E-state index >= 15 is 0 Å². The molecule has 0 bridgehead atoms. The van der Waals surface area contributed by atoms with Crippen LogP contribution in [0, 0.1) is 0 Å². The topological polar surface area (TPSA) is 53.1 Å². The largest absolute Gasteiger partial charge is 0.382 e. The Labute approximate surface area is 90.4 Å². The number of rotatable bonds is 1. The number of nitrogen functional groups attached to an aromatic ring is 1. The zero-order valence-corrected chi connectivity index (χ0v) is 9.82. The molecule has 1 fully saturated rings. The van der Waals surface area contributed by atoms with E-state index in [1.807, 2.05) is 6.20 Å². The van der Waals surface area contributed by atoms with Crippen molar-refractivity contribution in [3.8, 4) is 0 Å². The summed E-state index contributed by atoms with van der Waals surface area (Å²) in [6, 6.07) is 0.303. The first-order valence-electron chi connectivity index (χ1n) is 5.29. The van der Waals surface area contributed by atoms with Crippen LogP contribution in [0.5, 0.6) is 0 Å². The molecule has 1 aliphatic heterocycles. The number of nitrogens with two attached hydrogens (primary N) is 1. The van der Waals surface area contributed by atoms with E-state index in [-0.39, 0.29) is 11.2 Å². The summed E-state index contributed by atoms with van der Waals surface area (Å²) in [7, 11) is 0. The number of hydrogen-bond acceptors (Lipinski definition) is 3. The van der Waals surface area contributed by atoms with Gasteiger partial charge in [0.05, 0.1) is 23.6 Å². The van der Waals surface area contributed by atoms with Gasteiger partial charge in [-0.05, 0) is 34.1 Å². The van der Waals surface area contributed by atoms with Gasteiger partial charge in [-0.2, -0.15) is 0 Å². The Morgan fingerprint density at radius 1 is 1.47 bits per heavy atom. The molecule has 1 atom stereocenters. The van der Waals surface area contributed by atoms with Crippen molar-refractivity contribution in [2.24, 2.45) is 0 Å². The maximum Gasteiger partial charge on any atom is 0.141 e. The number of ether oxygens (including phenoxy) is 1. The minimum Gasteiger partial charge on any atom is -0.382 e. The average Bonchev–Trinajstić information content (AvgIpc) is 2.52. The highest BCUT2D eigenvalue weighted by Crippen LogP contribution is 2.44. The van der Waals surface area contributed by atoms with Crippen molar-refractivity contribution >= 4 is 5.82 Å². The summed E-state index contributed by atoms with van der Waals surface area (Å²) in [4.78, 5) is 4.06. The lowest BCUT2D eigenvalue weighted by Gasteiger charge is -2.27. The standard InChI is InChI=1S/C11H19N3O/c1-10(2)5-8(11(3,4)15-10)14-6-9(12)13-7-14/h6-8H,5,12H2,1-4H3. The molecule has 2 heterocycles.